The number of hydrogen-bond acceptors (Lipinski definition) is 2. The minimum atomic E-state index is 0.196. The van der Waals surface area contributed by atoms with Gasteiger partial charge in [0.05, 0.1) is 0 Å². The second-order valence-corrected chi connectivity index (χ2v) is 8.18. The van der Waals surface area contributed by atoms with E-state index in [0.717, 1.165) is 19.6 Å². The maximum absolute atomic E-state index is 9.83. The van der Waals surface area contributed by atoms with Crippen LogP contribution in [0.3, 0.4) is 0 Å². The second kappa shape index (κ2) is 5.74. The van der Waals surface area contributed by atoms with Gasteiger partial charge in [0.2, 0.25) is 0 Å². The van der Waals surface area contributed by atoms with Crippen molar-refractivity contribution in [3.8, 4) is 5.75 Å². The van der Waals surface area contributed by atoms with Gasteiger partial charge in [-0.1, -0.05) is 62.4 Å². The molecule has 0 spiro atoms. The van der Waals surface area contributed by atoms with Gasteiger partial charge in [0.15, 0.2) is 0 Å². The molecule has 0 bridgehead atoms. The Morgan fingerprint density at radius 3 is 2.64 bits per heavy atom. The zero-order valence-corrected chi connectivity index (χ0v) is 15.4. The lowest BCUT2D eigenvalue weighted by molar-refractivity contribution is 0.274. The Balaban J connectivity index is 1.42. The van der Waals surface area contributed by atoms with E-state index in [4.69, 9.17) is 0 Å². The van der Waals surface area contributed by atoms with Gasteiger partial charge in [-0.2, -0.15) is 0 Å². The van der Waals surface area contributed by atoms with E-state index in [-0.39, 0.29) is 5.41 Å². The van der Waals surface area contributed by atoms with Crippen LogP contribution in [0.15, 0.2) is 54.6 Å². The van der Waals surface area contributed by atoms with Crippen molar-refractivity contribution in [3.05, 3.63) is 71.3 Å². The van der Waals surface area contributed by atoms with Crippen molar-refractivity contribution in [3.63, 3.8) is 0 Å². The summed E-state index contributed by atoms with van der Waals surface area (Å²) in [6.45, 7) is 10.2. The summed E-state index contributed by atoms with van der Waals surface area (Å²) in [6.07, 6.45) is 4.54. The summed E-state index contributed by atoms with van der Waals surface area (Å²) in [5, 5.41) is 9.83. The van der Waals surface area contributed by atoms with Crippen LogP contribution in [0, 0.1) is 18.3 Å². The Bertz CT molecular complexity index is 826. The van der Waals surface area contributed by atoms with Gasteiger partial charge in [0.1, 0.15) is 5.75 Å². The molecule has 4 rings (SSSR count). The first kappa shape index (κ1) is 16.4. The van der Waals surface area contributed by atoms with Gasteiger partial charge in [0.25, 0.3) is 0 Å². The molecule has 2 aliphatic rings. The fourth-order valence-corrected chi connectivity index (χ4v) is 5.03. The molecule has 0 aromatic heterocycles. The number of benzene rings is 2. The number of phenolic OH excluding ortho intramolecular Hbond substituents is 1. The lowest BCUT2D eigenvalue weighted by atomic mass is 9.87. The van der Waals surface area contributed by atoms with Gasteiger partial charge in [-0.3, -0.25) is 4.90 Å². The molecule has 2 fully saturated rings. The van der Waals surface area contributed by atoms with Crippen LogP contribution in [-0.4, -0.2) is 29.6 Å². The average Bonchev–Trinajstić information content (AvgIpc) is 2.88. The van der Waals surface area contributed by atoms with Crippen LogP contribution in [0.1, 0.15) is 30.5 Å². The zero-order chi connectivity index (χ0) is 17.7. The van der Waals surface area contributed by atoms with Gasteiger partial charge in [-0.25, -0.2) is 0 Å². The highest BCUT2D eigenvalue weighted by Gasteiger charge is 2.74. The van der Waals surface area contributed by atoms with E-state index in [0.29, 0.717) is 17.1 Å². The van der Waals surface area contributed by atoms with Gasteiger partial charge in [-0.15, -0.1) is 0 Å². The lowest BCUT2D eigenvalue weighted by Gasteiger charge is -2.27. The Labute approximate surface area is 150 Å². The molecule has 0 radical (unpaired) electrons. The van der Waals surface area contributed by atoms with Crippen LogP contribution < -0.4 is 0 Å². The van der Waals surface area contributed by atoms with E-state index in [1.165, 1.54) is 16.7 Å². The van der Waals surface area contributed by atoms with Crippen LogP contribution in [0.2, 0.25) is 0 Å². The van der Waals surface area contributed by atoms with Crippen LogP contribution in [0.25, 0.3) is 6.08 Å². The molecule has 1 heterocycles. The van der Waals surface area contributed by atoms with Crippen molar-refractivity contribution in [2.75, 3.05) is 19.6 Å². The van der Waals surface area contributed by atoms with Crippen LogP contribution in [0.4, 0.5) is 0 Å². The number of piperidine rings is 1. The molecule has 1 N–H and O–H groups in total. The predicted molar refractivity (Wildman–Crippen MR) is 104 cm³/mol. The molecule has 2 aromatic carbocycles. The molecule has 2 heteroatoms. The Morgan fingerprint density at radius 1 is 1.16 bits per heavy atom. The van der Waals surface area contributed by atoms with Crippen molar-refractivity contribution in [1.82, 2.24) is 4.90 Å². The molecule has 3 atom stereocenters. The molecule has 2 nitrogen and oxygen atoms in total. The van der Waals surface area contributed by atoms with Crippen molar-refractivity contribution in [1.29, 1.82) is 0 Å². The van der Waals surface area contributed by atoms with Crippen LogP contribution >= 0.6 is 0 Å². The number of nitrogens with zero attached hydrogens (tertiary/aromatic N) is 1. The summed E-state index contributed by atoms with van der Waals surface area (Å²) >= 11 is 0. The zero-order valence-electron chi connectivity index (χ0n) is 15.4. The van der Waals surface area contributed by atoms with E-state index >= 15 is 0 Å². The summed E-state index contributed by atoms with van der Waals surface area (Å²) in [7, 11) is 0. The summed E-state index contributed by atoms with van der Waals surface area (Å²) < 4.78 is 0. The van der Waals surface area contributed by atoms with Gasteiger partial charge < -0.3 is 5.11 Å². The first-order valence-corrected chi connectivity index (χ1v) is 9.19. The molecule has 25 heavy (non-hydrogen) atoms. The largest absolute Gasteiger partial charge is 0.508 e. The molecule has 1 aliphatic heterocycles. The predicted octanol–water partition coefficient (Wildman–Crippen LogP) is 4.62. The number of phenols is 1. The van der Waals surface area contributed by atoms with Crippen molar-refractivity contribution >= 4 is 6.08 Å². The summed E-state index contributed by atoms with van der Waals surface area (Å²) in [5.41, 5.74) is 4.43. The second-order valence-electron chi connectivity index (χ2n) is 8.18. The molecule has 1 aliphatic carbocycles. The molecular formula is C23H27NO. The molecule has 2 aromatic rings. The lowest BCUT2D eigenvalue weighted by Crippen LogP contribution is -2.32. The molecular weight excluding hydrogens is 306 g/mol. The third-order valence-electron chi connectivity index (χ3n) is 6.86. The highest BCUT2D eigenvalue weighted by atomic mass is 16.3. The maximum Gasteiger partial charge on any atom is 0.115 e. The number of hydrogen-bond donors (Lipinski definition) is 1. The maximum atomic E-state index is 9.83. The van der Waals surface area contributed by atoms with Gasteiger partial charge in [-0.05, 0) is 47.1 Å². The SMILES string of the molecule is Cc1ccccc1/C=C/CN1C[C@H]2[C@@](C)(C1)[C@]2(C)c1cccc(O)c1. The fourth-order valence-electron chi connectivity index (χ4n) is 5.03. The van der Waals surface area contributed by atoms with E-state index in [2.05, 4.69) is 68.2 Å². The quantitative estimate of drug-likeness (QED) is 0.882. The third kappa shape index (κ3) is 2.51. The number of rotatable bonds is 4. The van der Waals surface area contributed by atoms with E-state index < -0.39 is 0 Å². The molecule has 0 unspecified atom stereocenters. The number of fused-ring (bicyclic) bond motifs is 1. The van der Waals surface area contributed by atoms with E-state index in [9.17, 15) is 5.11 Å². The van der Waals surface area contributed by atoms with Crippen molar-refractivity contribution < 1.29 is 5.11 Å². The van der Waals surface area contributed by atoms with Gasteiger partial charge >= 0.3 is 0 Å². The monoisotopic (exact) mass is 333 g/mol. The van der Waals surface area contributed by atoms with Crippen molar-refractivity contribution in [2.45, 2.75) is 26.2 Å². The minimum absolute atomic E-state index is 0.196. The topological polar surface area (TPSA) is 23.5 Å². The summed E-state index contributed by atoms with van der Waals surface area (Å²) in [5.74, 6) is 1.05. The number of aromatic hydroxyl groups is 1. The highest BCUT2D eigenvalue weighted by molar-refractivity contribution is 5.53. The Kier molecular flexibility index (Phi) is 3.77. The van der Waals surface area contributed by atoms with Crippen LogP contribution in [0.5, 0.6) is 5.75 Å². The Morgan fingerprint density at radius 2 is 1.96 bits per heavy atom. The molecule has 0 amide bonds. The number of likely N-dealkylation sites (tertiary alicyclic amines) is 1. The normalized spacial score (nSPS) is 31.4. The van der Waals surface area contributed by atoms with Crippen LogP contribution in [-0.2, 0) is 5.41 Å². The standard InChI is InChI=1S/C23H27NO/c1-17-8-4-5-9-18(17)10-7-13-24-15-21-22(2,16-24)23(21,3)19-11-6-12-20(25)14-19/h4-12,14,21,25H,13,15-16H2,1-3H3/b10-7+/t21-,22+,23+/m0/s1. The molecule has 130 valence electrons. The third-order valence-corrected chi connectivity index (χ3v) is 6.86. The Hall–Kier alpha value is -2.06. The summed E-state index contributed by atoms with van der Waals surface area (Å²) in [6, 6.07) is 16.4. The fraction of sp³-hybridized carbons (Fsp3) is 0.391. The van der Waals surface area contributed by atoms with Gasteiger partial charge in [0, 0.05) is 25.0 Å². The average molecular weight is 333 g/mol. The first-order chi connectivity index (χ1) is 11.9. The first-order valence-electron chi connectivity index (χ1n) is 9.19. The summed E-state index contributed by atoms with van der Waals surface area (Å²) in [4.78, 5) is 2.56. The molecule has 1 saturated heterocycles. The van der Waals surface area contributed by atoms with E-state index in [1.54, 1.807) is 6.07 Å². The van der Waals surface area contributed by atoms with E-state index in [1.807, 2.05) is 12.1 Å². The van der Waals surface area contributed by atoms with Crippen molar-refractivity contribution in [2.24, 2.45) is 11.3 Å². The minimum Gasteiger partial charge on any atom is -0.508 e. The smallest absolute Gasteiger partial charge is 0.115 e. The highest BCUT2D eigenvalue weighted by Crippen LogP contribution is 2.72. The number of aryl methyl sites for hydroxylation is 1. The molecule has 1 saturated carbocycles.